The fraction of sp³-hybridized carbons (Fsp3) is 0.625. The summed E-state index contributed by atoms with van der Waals surface area (Å²) in [6.07, 6.45) is 8.11. The van der Waals surface area contributed by atoms with Gasteiger partial charge in [-0.15, -0.1) is 0 Å². The Balaban J connectivity index is 1.73. The zero-order valence-corrected chi connectivity index (χ0v) is 11.4. The van der Waals surface area contributed by atoms with E-state index in [9.17, 15) is 0 Å². The van der Waals surface area contributed by atoms with Crippen LogP contribution in [0.3, 0.4) is 0 Å². The molecule has 1 saturated carbocycles. The van der Waals surface area contributed by atoms with Crippen molar-refractivity contribution in [3.8, 4) is 5.75 Å². The molecular weight excluding hydrogens is 222 g/mol. The Labute approximate surface area is 111 Å². The largest absolute Gasteiger partial charge is 0.494 e. The zero-order valence-electron chi connectivity index (χ0n) is 11.4. The fourth-order valence-electron chi connectivity index (χ4n) is 2.97. The van der Waals surface area contributed by atoms with Crippen LogP contribution in [0.4, 0.5) is 0 Å². The molecule has 2 rings (SSSR count). The van der Waals surface area contributed by atoms with E-state index in [1.165, 1.54) is 32.1 Å². The number of rotatable bonds is 6. The molecule has 0 aliphatic heterocycles. The van der Waals surface area contributed by atoms with E-state index in [4.69, 9.17) is 4.74 Å². The molecule has 0 heterocycles. The molecule has 0 saturated heterocycles. The SMILES string of the molecule is CNC(CCOc1ccccc1)C1CCCCC1. The minimum atomic E-state index is 0.619. The summed E-state index contributed by atoms with van der Waals surface area (Å²) in [4.78, 5) is 0. The summed E-state index contributed by atoms with van der Waals surface area (Å²) in [7, 11) is 2.09. The van der Waals surface area contributed by atoms with Gasteiger partial charge in [-0.05, 0) is 44.4 Å². The third-order valence-corrected chi connectivity index (χ3v) is 4.03. The second kappa shape index (κ2) is 7.42. The molecule has 1 aromatic rings. The number of nitrogens with one attached hydrogen (secondary N) is 1. The molecular formula is C16H25NO. The molecule has 100 valence electrons. The highest BCUT2D eigenvalue weighted by Gasteiger charge is 2.21. The molecule has 1 N–H and O–H groups in total. The molecule has 1 fully saturated rings. The van der Waals surface area contributed by atoms with Crippen LogP contribution in [-0.2, 0) is 0 Å². The first kappa shape index (κ1) is 13.4. The van der Waals surface area contributed by atoms with Crippen molar-refractivity contribution in [2.24, 2.45) is 5.92 Å². The van der Waals surface area contributed by atoms with Gasteiger partial charge in [0, 0.05) is 6.04 Å². The highest BCUT2D eigenvalue weighted by molar-refractivity contribution is 5.20. The van der Waals surface area contributed by atoms with Gasteiger partial charge in [0.1, 0.15) is 5.75 Å². The van der Waals surface area contributed by atoms with E-state index in [1.807, 2.05) is 30.3 Å². The van der Waals surface area contributed by atoms with Crippen molar-refractivity contribution >= 4 is 0 Å². The van der Waals surface area contributed by atoms with Gasteiger partial charge in [-0.3, -0.25) is 0 Å². The summed E-state index contributed by atoms with van der Waals surface area (Å²) in [6.45, 7) is 0.812. The standard InChI is InChI=1S/C16H25NO/c1-17-16(14-8-4-2-5-9-14)12-13-18-15-10-6-3-7-11-15/h3,6-7,10-11,14,16-17H,2,4-5,8-9,12-13H2,1H3. The molecule has 0 amide bonds. The van der Waals surface area contributed by atoms with Crippen molar-refractivity contribution in [1.29, 1.82) is 0 Å². The van der Waals surface area contributed by atoms with E-state index < -0.39 is 0 Å². The van der Waals surface area contributed by atoms with E-state index in [0.717, 1.165) is 24.7 Å². The molecule has 18 heavy (non-hydrogen) atoms. The maximum Gasteiger partial charge on any atom is 0.119 e. The average Bonchev–Trinajstić information content (AvgIpc) is 2.46. The van der Waals surface area contributed by atoms with Crippen molar-refractivity contribution in [1.82, 2.24) is 5.32 Å². The number of ether oxygens (including phenoxy) is 1. The summed E-state index contributed by atoms with van der Waals surface area (Å²) in [5, 5.41) is 3.48. The van der Waals surface area contributed by atoms with Crippen molar-refractivity contribution < 1.29 is 4.74 Å². The lowest BCUT2D eigenvalue weighted by molar-refractivity contribution is 0.224. The Kier molecular flexibility index (Phi) is 5.53. The van der Waals surface area contributed by atoms with Crippen LogP contribution in [0, 0.1) is 5.92 Å². The third kappa shape index (κ3) is 4.02. The molecule has 0 radical (unpaired) electrons. The number of benzene rings is 1. The monoisotopic (exact) mass is 247 g/mol. The number of hydrogen-bond acceptors (Lipinski definition) is 2. The van der Waals surface area contributed by atoms with Gasteiger partial charge in [-0.2, -0.15) is 0 Å². The van der Waals surface area contributed by atoms with Crippen LogP contribution in [0.5, 0.6) is 5.75 Å². The van der Waals surface area contributed by atoms with E-state index in [0.29, 0.717) is 6.04 Å². The minimum Gasteiger partial charge on any atom is -0.494 e. The quantitative estimate of drug-likeness (QED) is 0.829. The summed E-state index contributed by atoms with van der Waals surface area (Å²) in [6, 6.07) is 10.7. The molecule has 1 atom stereocenters. The lowest BCUT2D eigenvalue weighted by Gasteiger charge is -2.30. The van der Waals surface area contributed by atoms with Crippen molar-refractivity contribution in [2.45, 2.75) is 44.6 Å². The van der Waals surface area contributed by atoms with Crippen LogP contribution in [0.2, 0.25) is 0 Å². The van der Waals surface area contributed by atoms with Gasteiger partial charge in [0.2, 0.25) is 0 Å². The van der Waals surface area contributed by atoms with Gasteiger partial charge in [-0.1, -0.05) is 37.5 Å². The maximum absolute atomic E-state index is 5.79. The first-order valence-electron chi connectivity index (χ1n) is 7.25. The van der Waals surface area contributed by atoms with Gasteiger partial charge in [0.15, 0.2) is 0 Å². The van der Waals surface area contributed by atoms with Gasteiger partial charge in [-0.25, -0.2) is 0 Å². The Morgan fingerprint density at radius 1 is 1.17 bits per heavy atom. The summed E-state index contributed by atoms with van der Waals surface area (Å²) < 4.78 is 5.79. The van der Waals surface area contributed by atoms with Gasteiger partial charge in [0.05, 0.1) is 6.61 Å². The first-order valence-corrected chi connectivity index (χ1v) is 7.25. The van der Waals surface area contributed by atoms with Gasteiger partial charge >= 0.3 is 0 Å². The van der Waals surface area contributed by atoms with Gasteiger partial charge in [0.25, 0.3) is 0 Å². The Hall–Kier alpha value is -1.02. The molecule has 2 heteroatoms. The normalized spacial score (nSPS) is 18.5. The Bertz CT molecular complexity index is 319. The van der Waals surface area contributed by atoms with Crippen LogP contribution in [0.15, 0.2) is 30.3 Å². The number of para-hydroxylation sites is 1. The van der Waals surface area contributed by atoms with Crippen molar-refractivity contribution in [3.63, 3.8) is 0 Å². The van der Waals surface area contributed by atoms with E-state index in [1.54, 1.807) is 0 Å². The van der Waals surface area contributed by atoms with Crippen LogP contribution in [-0.4, -0.2) is 19.7 Å². The molecule has 1 aliphatic rings. The fourth-order valence-corrected chi connectivity index (χ4v) is 2.97. The van der Waals surface area contributed by atoms with E-state index in [-0.39, 0.29) is 0 Å². The average molecular weight is 247 g/mol. The molecule has 1 aromatic carbocycles. The maximum atomic E-state index is 5.79. The van der Waals surface area contributed by atoms with Crippen LogP contribution in [0.25, 0.3) is 0 Å². The summed E-state index contributed by atoms with van der Waals surface area (Å²) >= 11 is 0. The van der Waals surface area contributed by atoms with E-state index >= 15 is 0 Å². The highest BCUT2D eigenvalue weighted by Crippen LogP contribution is 2.27. The second-order valence-electron chi connectivity index (χ2n) is 5.24. The molecule has 1 aliphatic carbocycles. The lowest BCUT2D eigenvalue weighted by atomic mass is 9.83. The van der Waals surface area contributed by atoms with Crippen molar-refractivity contribution in [2.75, 3.05) is 13.7 Å². The van der Waals surface area contributed by atoms with Crippen LogP contribution in [0.1, 0.15) is 38.5 Å². The minimum absolute atomic E-state index is 0.619. The molecule has 0 spiro atoms. The summed E-state index contributed by atoms with van der Waals surface area (Å²) in [5.41, 5.74) is 0. The molecule has 0 aromatic heterocycles. The zero-order chi connectivity index (χ0) is 12.6. The predicted molar refractivity (Wildman–Crippen MR) is 76.0 cm³/mol. The van der Waals surface area contributed by atoms with Crippen LogP contribution >= 0.6 is 0 Å². The van der Waals surface area contributed by atoms with E-state index in [2.05, 4.69) is 12.4 Å². The predicted octanol–water partition coefficient (Wildman–Crippen LogP) is 3.62. The topological polar surface area (TPSA) is 21.3 Å². The summed E-state index contributed by atoms with van der Waals surface area (Å²) in [5.74, 6) is 1.83. The molecule has 2 nitrogen and oxygen atoms in total. The molecule has 0 bridgehead atoms. The number of hydrogen-bond donors (Lipinski definition) is 1. The smallest absolute Gasteiger partial charge is 0.119 e. The van der Waals surface area contributed by atoms with Crippen molar-refractivity contribution in [3.05, 3.63) is 30.3 Å². The Morgan fingerprint density at radius 3 is 2.56 bits per heavy atom. The van der Waals surface area contributed by atoms with Gasteiger partial charge < -0.3 is 10.1 Å². The lowest BCUT2D eigenvalue weighted by Crippen LogP contribution is -2.36. The molecule has 1 unspecified atom stereocenters. The highest BCUT2D eigenvalue weighted by atomic mass is 16.5. The Morgan fingerprint density at radius 2 is 1.89 bits per heavy atom. The first-order chi connectivity index (χ1) is 8.90. The van der Waals surface area contributed by atoms with Crippen LogP contribution < -0.4 is 10.1 Å². The second-order valence-corrected chi connectivity index (χ2v) is 5.24. The third-order valence-electron chi connectivity index (χ3n) is 4.03.